The van der Waals surface area contributed by atoms with Gasteiger partial charge in [0.05, 0.1) is 6.61 Å². The fourth-order valence-electron chi connectivity index (χ4n) is 3.85. The number of fused-ring (bicyclic) bond motifs is 3. The molecule has 0 aromatic carbocycles. The molecule has 3 heteroatoms. The Kier molecular flexibility index (Phi) is 1.63. The van der Waals surface area contributed by atoms with Gasteiger partial charge in [-0.2, -0.15) is 0 Å². The minimum absolute atomic E-state index is 0.142. The van der Waals surface area contributed by atoms with E-state index >= 15 is 0 Å². The molecule has 1 aliphatic heterocycles. The molecule has 1 N–H and O–H groups in total. The highest BCUT2D eigenvalue weighted by atomic mass is 16.6. The molecule has 0 aromatic heterocycles. The topological polar surface area (TPSA) is 46.5 Å². The van der Waals surface area contributed by atoms with Crippen molar-refractivity contribution >= 4 is 5.78 Å². The highest BCUT2D eigenvalue weighted by molar-refractivity contribution is 5.81. The second kappa shape index (κ2) is 2.58. The summed E-state index contributed by atoms with van der Waals surface area (Å²) in [6.45, 7) is 2.78. The van der Waals surface area contributed by atoms with Gasteiger partial charge in [-0.25, -0.2) is 0 Å². The van der Waals surface area contributed by atoms with Gasteiger partial charge in [-0.15, -0.1) is 0 Å². The first-order valence-electron chi connectivity index (χ1n) is 5.43. The van der Waals surface area contributed by atoms with Crippen molar-refractivity contribution in [3.8, 4) is 0 Å². The van der Waals surface area contributed by atoms with Gasteiger partial charge in [-0.1, -0.05) is 6.92 Å². The van der Waals surface area contributed by atoms with E-state index in [0.29, 0.717) is 36.6 Å². The monoisotopic (exact) mass is 196 g/mol. The molecule has 2 saturated carbocycles. The average Bonchev–Trinajstić information content (AvgIpc) is 2.68. The zero-order chi connectivity index (χ0) is 9.92. The highest BCUT2D eigenvalue weighted by Crippen LogP contribution is 2.61. The van der Waals surface area contributed by atoms with E-state index in [1.54, 1.807) is 0 Å². The fourth-order valence-corrected chi connectivity index (χ4v) is 3.85. The van der Waals surface area contributed by atoms with Crippen LogP contribution >= 0.6 is 0 Å². The molecule has 78 valence electrons. The Morgan fingerprint density at radius 3 is 3.07 bits per heavy atom. The molecule has 0 radical (unpaired) electrons. The molecule has 1 saturated heterocycles. The van der Waals surface area contributed by atoms with Gasteiger partial charge in [0.15, 0.2) is 6.29 Å². The van der Waals surface area contributed by atoms with Crippen LogP contribution in [0.1, 0.15) is 26.2 Å². The van der Waals surface area contributed by atoms with Gasteiger partial charge in [0, 0.05) is 18.3 Å². The van der Waals surface area contributed by atoms with Gasteiger partial charge >= 0.3 is 0 Å². The van der Waals surface area contributed by atoms with Crippen molar-refractivity contribution in [3.63, 3.8) is 0 Å². The third-order valence-electron chi connectivity index (χ3n) is 4.76. The smallest absolute Gasteiger partial charge is 0.160 e. The van der Waals surface area contributed by atoms with E-state index in [-0.39, 0.29) is 5.41 Å². The molecular formula is C11H16O3. The normalized spacial score (nSPS) is 56.3. The van der Waals surface area contributed by atoms with Crippen molar-refractivity contribution < 1.29 is 14.6 Å². The van der Waals surface area contributed by atoms with Gasteiger partial charge in [0.1, 0.15) is 5.78 Å². The van der Waals surface area contributed by atoms with Crippen molar-refractivity contribution in [2.75, 3.05) is 6.61 Å². The lowest BCUT2D eigenvalue weighted by Crippen LogP contribution is -2.36. The number of rotatable bonds is 0. The van der Waals surface area contributed by atoms with Crippen LogP contribution in [0.3, 0.4) is 0 Å². The maximum absolute atomic E-state index is 11.4. The Hall–Kier alpha value is -0.410. The van der Waals surface area contributed by atoms with E-state index < -0.39 is 6.29 Å². The zero-order valence-electron chi connectivity index (χ0n) is 8.40. The van der Waals surface area contributed by atoms with Crippen LogP contribution < -0.4 is 0 Å². The van der Waals surface area contributed by atoms with E-state index in [1.165, 1.54) is 0 Å². The van der Waals surface area contributed by atoms with Crippen LogP contribution in [0.4, 0.5) is 0 Å². The maximum atomic E-state index is 11.4. The summed E-state index contributed by atoms with van der Waals surface area (Å²) in [6.07, 6.45) is 1.83. The number of ketones is 1. The first-order chi connectivity index (χ1) is 6.62. The number of aliphatic hydroxyl groups excluding tert-OH is 1. The molecule has 0 bridgehead atoms. The van der Waals surface area contributed by atoms with Gasteiger partial charge < -0.3 is 9.84 Å². The van der Waals surface area contributed by atoms with Crippen molar-refractivity contribution in [1.82, 2.24) is 0 Å². The Bertz CT molecular complexity index is 288. The molecule has 3 rings (SSSR count). The number of ether oxygens (including phenoxy) is 1. The number of hydrogen-bond acceptors (Lipinski definition) is 3. The summed E-state index contributed by atoms with van der Waals surface area (Å²) in [5.41, 5.74) is -0.142. The fraction of sp³-hybridized carbons (Fsp3) is 0.909. The Morgan fingerprint density at radius 1 is 1.50 bits per heavy atom. The highest BCUT2D eigenvalue weighted by Gasteiger charge is 2.61. The predicted octanol–water partition coefficient (Wildman–Crippen LogP) is 0.957. The molecule has 3 nitrogen and oxygen atoms in total. The summed E-state index contributed by atoms with van der Waals surface area (Å²) in [7, 11) is 0. The average molecular weight is 196 g/mol. The van der Waals surface area contributed by atoms with Crippen LogP contribution in [-0.4, -0.2) is 23.8 Å². The third kappa shape index (κ3) is 0.873. The van der Waals surface area contributed by atoms with Crippen molar-refractivity contribution in [2.24, 2.45) is 23.2 Å². The van der Waals surface area contributed by atoms with Crippen LogP contribution in [0.15, 0.2) is 0 Å². The Morgan fingerprint density at radius 2 is 2.29 bits per heavy atom. The first-order valence-corrected chi connectivity index (χ1v) is 5.43. The van der Waals surface area contributed by atoms with Gasteiger partial charge in [0.25, 0.3) is 0 Å². The number of carbonyl (C=O) groups is 1. The number of Topliss-reactive ketones (excluding diaryl/α,β-unsaturated/α-hetero) is 1. The molecule has 0 aromatic rings. The number of hydrogen-bond donors (Lipinski definition) is 1. The van der Waals surface area contributed by atoms with E-state index in [9.17, 15) is 9.90 Å². The van der Waals surface area contributed by atoms with E-state index in [1.807, 2.05) is 0 Å². The maximum Gasteiger partial charge on any atom is 0.160 e. The van der Waals surface area contributed by atoms with Crippen LogP contribution in [0, 0.1) is 23.2 Å². The molecule has 0 spiro atoms. The number of aliphatic hydroxyl groups is 1. The SMILES string of the molecule is C[C@@]12C(O)OC[C@@H]1C[C@H]1CC(=O)C[C@H]12. The number of carbonyl (C=O) groups excluding carboxylic acids is 1. The Balaban J connectivity index is 1.95. The predicted molar refractivity (Wildman–Crippen MR) is 49.4 cm³/mol. The molecular weight excluding hydrogens is 180 g/mol. The lowest BCUT2D eigenvalue weighted by molar-refractivity contribution is -0.132. The van der Waals surface area contributed by atoms with Crippen molar-refractivity contribution in [3.05, 3.63) is 0 Å². The molecule has 3 aliphatic rings. The summed E-state index contributed by atoms with van der Waals surface area (Å²) in [6, 6.07) is 0. The minimum atomic E-state index is -0.645. The summed E-state index contributed by atoms with van der Waals surface area (Å²) in [4.78, 5) is 11.4. The third-order valence-corrected chi connectivity index (χ3v) is 4.76. The van der Waals surface area contributed by atoms with E-state index in [2.05, 4.69) is 6.92 Å². The zero-order valence-corrected chi connectivity index (χ0v) is 8.40. The van der Waals surface area contributed by atoms with Crippen LogP contribution in [0.5, 0.6) is 0 Å². The largest absolute Gasteiger partial charge is 0.367 e. The lowest BCUT2D eigenvalue weighted by Gasteiger charge is -2.32. The molecule has 14 heavy (non-hydrogen) atoms. The second-order valence-electron chi connectivity index (χ2n) is 5.30. The van der Waals surface area contributed by atoms with Gasteiger partial charge in [-0.3, -0.25) is 4.79 Å². The van der Waals surface area contributed by atoms with E-state index in [4.69, 9.17) is 4.74 Å². The molecule has 1 unspecified atom stereocenters. The molecule has 3 fully saturated rings. The lowest BCUT2D eigenvalue weighted by atomic mass is 9.73. The quantitative estimate of drug-likeness (QED) is 0.627. The van der Waals surface area contributed by atoms with E-state index in [0.717, 1.165) is 12.8 Å². The Labute approximate surface area is 83.4 Å². The van der Waals surface area contributed by atoms with Crippen molar-refractivity contribution in [1.29, 1.82) is 0 Å². The van der Waals surface area contributed by atoms with Crippen LogP contribution in [0.2, 0.25) is 0 Å². The van der Waals surface area contributed by atoms with Crippen LogP contribution in [0.25, 0.3) is 0 Å². The molecule has 2 aliphatic carbocycles. The second-order valence-corrected chi connectivity index (χ2v) is 5.30. The van der Waals surface area contributed by atoms with Gasteiger partial charge in [0.2, 0.25) is 0 Å². The summed E-state index contributed by atoms with van der Waals surface area (Å²) < 4.78 is 5.31. The standard InChI is InChI=1S/C11H16O3/c1-11-7(5-14-10(11)13)2-6-3-8(12)4-9(6)11/h6-7,9-10,13H,2-5H2,1H3/t6-,7-,9+,10?,11+/m0/s1. The van der Waals surface area contributed by atoms with Gasteiger partial charge in [-0.05, 0) is 24.2 Å². The molecule has 5 atom stereocenters. The summed E-state index contributed by atoms with van der Waals surface area (Å²) >= 11 is 0. The van der Waals surface area contributed by atoms with Crippen molar-refractivity contribution in [2.45, 2.75) is 32.5 Å². The summed E-state index contributed by atoms with van der Waals surface area (Å²) in [5, 5.41) is 9.86. The summed E-state index contributed by atoms with van der Waals surface area (Å²) in [5.74, 6) is 1.74. The molecule has 0 amide bonds. The molecule has 1 heterocycles. The first kappa shape index (κ1) is 8.86. The minimum Gasteiger partial charge on any atom is -0.367 e. The van der Waals surface area contributed by atoms with Crippen LogP contribution in [-0.2, 0) is 9.53 Å².